The van der Waals surface area contributed by atoms with E-state index in [9.17, 15) is 0 Å². The highest BCUT2D eigenvalue weighted by molar-refractivity contribution is 6.30. The first kappa shape index (κ1) is 20.1. The van der Waals surface area contributed by atoms with Crippen molar-refractivity contribution in [2.24, 2.45) is 0 Å². The molecule has 0 heterocycles. The number of nitrogens with one attached hydrogen (secondary N) is 1. The largest absolute Gasteiger partial charge is 0.493 e. The average Bonchev–Trinajstić information content (AvgIpc) is 2.51. The molecule has 0 atom stereocenters. The maximum atomic E-state index is 6.16. The van der Waals surface area contributed by atoms with Crippen LogP contribution in [0.25, 0.3) is 0 Å². The molecule has 132 valence electrons. The zero-order valence-electron chi connectivity index (χ0n) is 14.8. The lowest BCUT2D eigenvalue weighted by Crippen LogP contribution is -2.18. The van der Waals surface area contributed by atoms with Gasteiger partial charge in [-0.15, -0.1) is 0 Å². The lowest BCUT2D eigenvalue weighted by Gasteiger charge is -2.18. The Morgan fingerprint density at radius 3 is 2.57 bits per heavy atom. The monoisotopic (exact) mass is 343 g/mol. The fourth-order valence-corrected chi connectivity index (χ4v) is 2.38. The van der Waals surface area contributed by atoms with Crippen molar-refractivity contribution in [2.45, 2.75) is 52.7 Å². The lowest BCUT2D eigenvalue weighted by atomic mass is 10.1. The highest BCUT2D eigenvalue weighted by Gasteiger charge is 2.14. The van der Waals surface area contributed by atoms with Gasteiger partial charge in [0.2, 0.25) is 0 Å². The van der Waals surface area contributed by atoms with E-state index >= 15 is 0 Å². The Hall–Kier alpha value is -0.970. The van der Waals surface area contributed by atoms with Crippen molar-refractivity contribution in [3.63, 3.8) is 0 Å². The second kappa shape index (κ2) is 11.5. The summed E-state index contributed by atoms with van der Waals surface area (Å²) in [5.41, 5.74) is 1.01. The van der Waals surface area contributed by atoms with Crippen LogP contribution < -0.4 is 14.8 Å². The molecular formula is C18H30ClNO3. The summed E-state index contributed by atoms with van der Waals surface area (Å²) in [4.78, 5) is 0. The van der Waals surface area contributed by atoms with Crippen LogP contribution in [0.1, 0.15) is 45.6 Å². The summed E-state index contributed by atoms with van der Waals surface area (Å²) in [6.45, 7) is 9.39. The normalized spacial score (nSPS) is 11.0. The van der Waals surface area contributed by atoms with Crippen molar-refractivity contribution < 1.29 is 14.2 Å². The number of methoxy groups -OCH3 is 1. The fraction of sp³-hybridized carbons (Fsp3) is 0.667. The smallest absolute Gasteiger partial charge is 0.166 e. The summed E-state index contributed by atoms with van der Waals surface area (Å²) in [6.07, 6.45) is 3.37. The Bertz CT molecular complexity index is 452. The topological polar surface area (TPSA) is 39.7 Å². The van der Waals surface area contributed by atoms with Gasteiger partial charge in [-0.05, 0) is 39.3 Å². The molecule has 0 unspecified atom stereocenters. The van der Waals surface area contributed by atoms with Gasteiger partial charge in [-0.3, -0.25) is 0 Å². The minimum absolute atomic E-state index is 0.0794. The molecule has 4 nitrogen and oxygen atoms in total. The molecule has 0 aliphatic carbocycles. The number of unbranched alkanes of at least 4 members (excludes halogenated alkanes) is 1. The number of halogens is 1. The van der Waals surface area contributed by atoms with Gasteiger partial charge in [-0.2, -0.15) is 0 Å². The van der Waals surface area contributed by atoms with E-state index in [1.807, 2.05) is 19.9 Å². The molecule has 1 N–H and O–H groups in total. The standard InChI is InChI=1S/C18H30ClNO3/c1-5-6-9-22-10-7-8-20-13-15-11-16(19)12-17(21-4)18(15)23-14(2)3/h11-12,14,20H,5-10,13H2,1-4H3. The van der Waals surface area contributed by atoms with Crippen molar-refractivity contribution >= 4 is 11.6 Å². The molecule has 0 amide bonds. The van der Waals surface area contributed by atoms with Gasteiger partial charge in [0.1, 0.15) is 0 Å². The van der Waals surface area contributed by atoms with E-state index in [0.717, 1.165) is 43.9 Å². The number of hydrogen-bond donors (Lipinski definition) is 1. The molecule has 23 heavy (non-hydrogen) atoms. The number of ether oxygens (including phenoxy) is 3. The van der Waals surface area contributed by atoms with Crippen LogP contribution in [-0.2, 0) is 11.3 Å². The molecule has 0 saturated heterocycles. The first-order chi connectivity index (χ1) is 11.1. The molecule has 0 aromatic heterocycles. The van der Waals surface area contributed by atoms with Crippen LogP contribution in [0.3, 0.4) is 0 Å². The summed E-state index contributed by atoms with van der Waals surface area (Å²) >= 11 is 6.16. The zero-order chi connectivity index (χ0) is 17.1. The van der Waals surface area contributed by atoms with Crippen LogP contribution in [-0.4, -0.2) is 33.0 Å². The molecule has 0 bridgehead atoms. The van der Waals surface area contributed by atoms with Gasteiger partial charge in [0, 0.05) is 36.4 Å². The van der Waals surface area contributed by atoms with Crippen LogP contribution in [0.4, 0.5) is 0 Å². The quantitative estimate of drug-likeness (QED) is 0.570. The van der Waals surface area contributed by atoms with Gasteiger partial charge >= 0.3 is 0 Å². The van der Waals surface area contributed by atoms with Gasteiger partial charge in [0.05, 0.1) is 13.2 Å². The van der Waals surface area contributed by atoms with Crippen molar-refractivity contribution in [1.29, 1.82) is 0 Å². The highest BCUT2D eigenvalue weighted by Crippen LogP contribution is 2.35. The number of benzene rings is 1. The van der Waals surface area contributed by atoms with Gasteiger partial charge in [-0.25, -0.2) is 0 Å². The third kappa shape index (κ3) is 7.91. The number of rotatable bonds is 12. The summed E-state index contributed by atoms with van der Waals surface area (Å²) in [5, 5.41) is 4.06. The molecule has 1 rings (SSSR count). The van der Waals surface area contributed by atoms with E-state index < -0.39 is 0 Å². The maximum Gasteiger partial charge on any atom is 0.166 e. The predicted octanol–water partition coefficient (Wildman–Crippen LogP) is 4.43. The van der Waals surface area contributed by atoms with Gasteiger partial charge in [0.25, 0.3) is 0 Å². The van der Waals surface area contributed by atoms with E-state index in [1.165, 1.54) is 6.42 Å². The van der Waals surface area contributed by atoms with Crippen molar-refractivity contribution in [3.8, 4) is 11.5 Å². The molecular weight excluding hydrogens is 314 g/mol. The number of hydrogen-bond acceptors (Lipinski definition) is 4. The Morgan fingerprint density at radius 1 is 1.17 bits per heavy atom. The Morgan fingerprint density at radius 2 is 1.91 bits per heavy atom. The van der Waals surface area contributed by atoms with E-state index in [4.69, 9.17) is 25.8 Å². The van der Waals surface area contributed by atoms with Crippen LogP contribution in [0.2, 0.25) is 5.02 Å². The fourth-order valence-electron chi connectivity index (χ4n) is 2.15. The van der Waals surface area contributed by atoms with Gasteiger partial charge in [-0.1, -0.05) is 24.9 Å². The van der Waals surface area contributed by atoms with Crippen molar-refractivity contribution in [2.75, 3.05) is 26.9 Å². The van der Waals surface area contributed by atoms with Crippen LogP contribution in [0.5, 0.6) is 11.5 Å². The van der Waals surface area contributed by atoms with Crippen LogP contribution in [0.15, 0.2) is 12.1 Å². The SMILES string of the molecule is CCCCOCCCNCc1cc(Cl)cc(OC)c1OC(C)C. The van der Waals surface area contributed by atoms with E-state index in [1.54, 1.807) is 13.2 Å². The molecule has 0 radical (unpaired) electrons. The Kier molecular flexibility index (Phi) is 10.1. The van der Waals surface area contributed by atoms with Crippen molar-refractivity contribution in [3.05, 3.63) is 22.7 Å². The Labute approximate surface area is 145 Å². The third-order valence-electron chi connectivity index (χ3n) is 3.27. The molecule has 5 heteroatoms. The molecule has 0 fully saturated rings. The first-order valence-electron chi connectivity index (χ1n) is 8.40. The van der Waals surface area contributed by atoms with Crippen molar-refractivity contribution in [1.82, 2.24) is 5.32 Å². The molecule has 1 aromatic carbocycles. The summed E-state index contributed by atoms with van der Waals surface area (Å²) < 4.78 is 16.8. The second-order valence-electron chi connectivity index (χ2n) is 5.76. The lowest BCUT2D eigenvalue weighted by molar-refractivity contribution is 0.128. The summed E-state index contributed by atoms with van der Waals surface area (Å²) in [6, 6.07) is 3.71. The Balaban J connectivity index is 2.50. The van der Waals surface area contributed by atoms with E-state index in [2.05, 4.69) is 12.2 Å². The maximum absolute atomic E-state index is 6.16. The second-order valence-corrected chi connectivity index (χ2v) is 6.20. The predicted molar refractivity (Wildman–Crippen MR) is 95.8 cm³/mol. The average molecular weight is 344 g/mol. The van der Waals surface area contributed by atoms with Crippen LogP contribution in [0, 0.1) is 0 Å². The molecule has 1 aromatic rings. The first-order valence-corrected chi connectivity index (χ1v) is 8.77. The molecule has 0 spiro atoms. The summed E-state index contributed by atoms with van der Waals surface area (Å²) in [5.74, 6) is 1.43. The third-order valence-corrected chi connectivity index (χ3v) is 3.49. The minimum Gasteiger partial charge on any atom is -0.493 e. The van der Waals surface area contributed by atoms with Gasteiger partial charge < -0.3 is 19.5 Å². The van der Waals surface area contributed by atoms with Crippen LogP contribution >= 0.6 is 11.6 Å². The highest BCUT2D eigenvalue weighted by atomic mass is 35.5. The minimum atomic E-state index is 0.0794. The molecule has 0 aliphatic heterocycles. The van der Waals surface area contributed by atoms with E-state index in [-0.39, 0.29) is 6.10 Å². The molecule has 0 aliphatic rings. The summed E-state index contributed by atoms with van der Waals surface area (Å²) in [7, 11) is 1.63. The van der Waals surface area contributed by atoms with E-state index in [0.29, 0.717) is 17.3 Å². The zero-order valence-corrected chi connectivity index (χ0v) is 15.5. The van der Waals surface area contributed by atoms with Gasteiger partial charge in [0.15, 0.2) is 11.5 Å². The molecule has 0 saturated carbocycles.